The van der Waals surface area contributed by atoms with E-state index < -0.39 is 0 Å². The summed E-state index contributed by atoms with van der Waals surface area (Å²) in [5.41, 5.74) is 3.60. The minimum atomic E-state index is 1.03. The van der Waals surface area contributed by atoms with Gasteiger partial charge in [0.15, 0.2) is 0 Å². The minimum Gasteiger partial charge on any atom is -0.369 e. The summed E-state index contributed by atoms with van der Waals surface area (Å²) in [6.45, 7) is 16.8. The molecule has 2 nitrogen and oxygen atoms in total. The van der Waals surface area contributed by atoms with Gasteiger partial charge in [0.2, 0.25) is 0 Å². The van der Waals surface area contributed by atoms with Crippen molar-refractivity contribution in [3.05, 3.63) is 36.1 Å². The quantitative estimate of drug-likeness (QED) is 0.672. The molecule has 0 aromatic carbocycles. The monoisotopic (exact) mass is 220 g/mol. The summed E-state index contributed by atoms with van der Waals surface area (Å²) in [7, 11) is 2.17. The Morgan fingerprint density at radius 2 is 1.75 bits per heavy atom. The maximum absolute atomic E-state index is 4.23. The SMILES string of the molecule is C=C(C)/C=C(/CC)C(=C)N1CCN(C)CC1. The standard InChI is InChI=1S/C14H24N2/c1-6-14(11-12(2)3)13(4)16-9-7-15(5)8-10-16/h11H,2,4,6-10H2,1,3,5H3/b14-11-. The van der Waals surface area contributed by atoms with Crippen LogP contribution in [-0.4, -0.2) is 43.0 Å². The van der Waals surface area contributed by atoms with E-state index in [1.165, 1.54) is 11.3 Å². The summed E-state index contributed by atoms with van der Waals surface area (Å²) < 4.78 is 0. The highest BCUT2D eigenvalue weighted by Gasteiger charge is 2.16. The predicted octanol–water partition coefficient (Wildman–Crippen LogP) is 2.66. The van der Waals surface area contributed by atoms with Crippen LogP contribution < -0.4 is 0 Å². The molecule has 0 unspecified atom stereocenters. The molecule has 1 aliphatic rings. The van der Waals surface area contributed by atoms with Crippen molar-refractivity contribution in [1.29, 1.82) is 0 Å². The zero-order valence-electron chi connectivity index (χ0n) is 10.9. The Labute approximate surface area is 99.9 Å². The first-order chi connectivity index (χ1) is 7.54. The predicted molar refractivity (Wildman–Crippen MR) is 71.4 cm³/mol. The molecule has 90 valence electrons. The normalized spacial score (nSPS) is 18.7. The summed E-state index contributed by atoms with van der Waals surface area (Å²) in [6, 6.07) is 0. The highest BCUT2D eigenvalue weighted by molar-refractivity contribution is 5.33. The van der Waals surface area contributed by atoms with Gasteiger partial charge < -0.3 is 9.80 Å². The Bertz CT molecular complexity index is 294. The molecule has 0 radical (unpaired) electrons. The number of hydrogen-bond acceptors (Lipinski definition) is 2. The van der Waals surface area contributed by atoms with Crippen molar-refractivity contribution in [3.8, 4) is 0 Å². The lowest BCUT2D eigenvalue weighted by Crippen LogP contribution is -2.43. The van der Waals surface area contributed by atoms with Gasteiger partial charge in [0, 0.05) is 31.9 Å². The molecule has 0 aromatic rings. The van der Waals surface area contributed by atoms with E-state index in [1.807, 2.05) is 6.92 Å². The largest absolute Gasteiger partial charge is 0.369 e. The van der Waals surface area contributed by atoms with Crippen LogP contribution in [0.2, 0.25) is 0 Å². The van der Waals surface area contributed by atoms with Crippen molar-refractivity contribution in [2.24, 2.45) is 0 Å². The molecule has 0 bridgehead atoms. The van der Waals surface area contributed by atoms with Gasteiger partial charge in [-0.1, -0.05) is 31.7 Å². The first-order valence-electron chi connectivity index (χ1n) is 6.03. The second-order valence-electron chi connectivity index (χ2n) is 4.61. The average Bonchev–Trinajstić information content (AvgIpc) is 2.25. The Hall–Kier alpha value is -1.02. The minimum absolute atomic E-state index is 1.03. The summed E-state index contributed by atoms with van der Waals surface area (Å²) in [4.78, 5) is 4.75. The van der Waals surface area contributed by atoms with E-state index >= 15 is 0 Å². The number of hydrogen-bond donors (Lipinski definition) is 0. The van der Waals surface area contributed by atoms with Gasteiger partial charge in [0.25, 0.3) is 0 Å². The van der Waals surface area contributed by atoms with Crippen molar-refractivity contribution < 1.29 is 0 Å². The zero-order chi connectivity index (χ0) is 12.1. The lowest BCUT2D eigenvalue weighted by Gasteiger charge is -2.36. The number of allylic oxidation sites excluding steroid dienone is 3. The fraction of sp³-hybridized carbons (Fsp3) is 0.571. The second-order valence-corrected chi connectivity index (χ2v) is 4.61. The zero-order valence-corrected chi connectivity index (χ0v) is 10.9. The first-order valence-corrected chi connectivity index (χ1v) is 6.03. The molecule has 1 saturated heterocycles. The Morgan fingerprint density at radius 1 is 1.19 bits per heavy atom. The Kier molecular flexibility index (Phi) is 4.81. The van der Waals surface area contributed by atoms with Crippen LogP contribution in [0.1, 0.15) is 20.3 Å². The van der Waals surface area contributed by atoms with Crippen LogP contribution >= 0.6 is 0 Å². The van der Waals surface area contributed by atoms with Gasteiger partial charge in [0.1, 0.15) is 0 Å². The van der Waals surface area contributed by atoms with Crippen molar-refractivity contribution in [1.82, 2.24) is 9.80 Å². The summed E-state index contributed by atoms with van der Waals surface area (Å²) in [5, 5.41) is 0. The summed E-state index contributed by atoms with van der Waals surface area (Å²) >= 11 is 0. The molecule has 16 heavy (non-hydrogen) atoms. The molecule has 0 aromatic heterocycles. The van der Waals surface area contributed by atoms with Crippen molar-refractivity contribution in [2.75, 3.05) is 33.2 Å². The van der Waals surface area contributed by atoms with Crippen LogP contribution in [0.25, 0.3) is 0 Å². The molecule has 2 heteroatoms. The van der Waals surface area contributed by atoms with Crippen LogP contribution in [-0.2, 0) is 0 Å². The molecule has 0 N–H and O–H groups in total. The molecule has 1 fully saturated rings. The molecule has 0 amide bonds. The Morgan fingerprint density at radius 3 is 2.19 bits per heavy atom. The maximum atomic E-state index is 4.23. The number of rotatable bonds is 4. The smallest absolute Gasteiger partial charge is 0.0326 e. The molecular formula is C14H24N2. The van der Waals surface area contributed by atoms with E-state index in [0.29, 0.717) is 0 Å². The fourth-order valence-corrected chi connectivity index (χ4v) is 1.97. The van der Waals surface area contributed by atoms with Gasteiger partial charge in [-0.3, -0.25) is 0 Å². The third-order valence-corrected chi connectivity index (χ3v) is 3.06. The van der Waals surface area contributed by atoms with Crippen LogP contribution in [0.15, 0.2) is 36.1 Å². The van der Waals surface area contributed by atoms with E-state index in [1.54, 1.807) is 0 Å². The van der Waals surface area contributed by atoms with Gasteiger partial charge in [0.05, 0.1) is 0 Å². The van der Waals surface area contributed by atoms with Crippen LogP contribution in [0.3, 0.4) is 0 Å². The molecule has 1 heterocycles. The average molecular weight is 220 g/mol. The topological polar surface area (TPSA) is 6.48 Å². The molecule has 0 atom stereocenters. The van der Waals surface area contributed by atoms with Gasteiger partial charge >= 0.3 is 0 Å². The van der Waals surface area contributed by atoms with E-state index in [-0.39, 0.29) is 0 Å². The van der Waals surface area contributed by atoms with Crippen LogP contribution in [0.4, 0.5) is 0 Å². The summed E-state index contributed by atoms with van der Waals surface area (Å²) in [5.74, 6) is 0. The van der Waals surface area contributed by atoms with Crippen molar-refractivity contribution in [3.63, 3.8) is 0 Å². The molecular weight excluding hydrogens is 196 g/mol. The maximum Gasteiger partial charge on any atom is 0.0326 e. The highest BCUT2D eigenvalue weighted by atomic mass is 15.2. The Balaban J connectivity index is 2.65. The molecule has 1 rings (SSSR count). The van der Waals surface area contributed by atoms with Crippen molar-refractivity contribution in [2.45, 2.75) is 20.3 Å². The molecule has 0 spiro atoms. The van der Waals surface area contributed by atoms with Gasteiger partial charge in [-0.15, -0.1) is 0 Å². The third kappa shape index (κ3) is 3.53. The summed E-state index contributed by atoms with van der Waals surface area (Å²) in [6.07, 6.45) is 3.18. The lowest BCUT2D eigenvalue weighted by molar-refractivity contribution is 0.189. The van der Waals surface area contributed by atoms with E-state index in [9.17, 15) is 0 Å². The molecule has 0 saturated carbocycles. The van der Waals surface area contributed by atoms with E-state index in [4.69, 9.17) is 0 Å². The number of likely N-dealkylation sites (N-methyl/N-ethyl adjacent to an activating group) is 1. The number of nitrogens with zero attached hydrogens (tertiary/aromatic N) is 2. The van der Waals surface area contributed by atoms with Crippen molar-refractivity contribution >= 4 is 0 Å². The first kappa shape index (κ1) is 13.0. The lowest BCUT2D eigenvalue weighted by atomic mass is 10.1. The second kappa shape index (κ2) is 5.90. The van der Waals surface area contributed by atoms with E-state index in [0.717, 1.165) is 38.2 Å². The van der Waals surface area contributed by atoms with E-state index in [2.05, 4.69) is 43.0 Å². The highest BCUT2D eigenvalue weighted by Crippen LogP contribution is 2.19. The van der Waals surface area contributed by atoms with Gasteiger partial charge in [-0.2, -0.15) is 0 Å². The third-order valence-electron chi connectivity index (χ3n) is 3.06. The molecule has 1 aliphatic heterocycles. The van der Waals surface area contributed by atoms with Gasteiger partial charge in [-0.05, 0) is 26.0 Å². The fourth-order valence-electron chi connectivity index (χ4n) is 1.97. The molecule has 0 aliphatic carbocycles. The van der Waals surface area contributed by atoms with Crippen LogP contribution in [0.5, 0.6) is 0 Å². The van der Waals surface area contributed by atoms with Gasteiger partial charge in [-0.25, -0.2) is 0 Å². The van der Waals surface area contributed by atoms with Crippen LogP contribution in [0, 0.1) is 0 Å². The number of piperazine rings is 1.